The smallest absolute Gasteiger partial charge is 0.341 e. The molecule has 2 rings (SSSR count). The minimum atomic E-state index is -1.24. The van der Waals surface area contributed by atoms with Crippen LogP contribution in [-0.2, 0) is 0 Å². The van der Waals surface area contributed by atoms with Crippen LogP contribution >= 0.6 is 0 Å². The fourth-order valence-electron chi connectivity index (χ4n) is 1.80. The molecule has 0 amide bonds. The molecule has 6 heteroatoms. The van der Waals surface area contributed by atoms with Gasteiger partial charge in [-0.15, -0.1) is 0 Å². The summed E-state index contributed by atoms with van der Waals surface area (Å²) in [5, 5.41) is 9.24. The molecule has 1 heterocycles. The van der Waals surface area contributed by atoms with Crippen LogP contribution in [0.1, 0.15) is 10.4 Å². The monoisotopic (exact) mass is 276 g/mol. The van der Waals surface area contributed by atoms with Crippen LogP contribution in [0.5, 0.6) is 5.75 Å². The molecule has 1 aromatic heterocycles. The number of pyridine rings is 1. The van der Waals surface area contributed by atoms with Gasteiger partial charge in [-0.05, 0) is 26.2 Å². The van der Waals surface area contributed by atoms with E-state index in [9.17, 15) is 9.59 Å². The molecule has 2 N–H and O–H groups in total. The summed E-state index contributed by atoms with van der Waals surface area (Å²) in [5.74, 6) is -0.600. The highest BCUT2D eigenvalue weighted by Crippen LogP contribution is 2.17. The highest BCUT2D eigenvalue weighted by Gasteiger charge is 2.11. The predicted octanol–water partition coefficient (Wildman–Crippen LogP) is 1.17. The van der Waals surface area contributed by atoms with Gasteiger partial charge >= 0.3 is 5.97 Å². The Morgan fingerprint density at radius 2 is 2.15 bits per heavy atom. The number of ether oxygens (including phenoxy) is 1. The van der Waals surface area contributed by atoms with E-state index >= 15 is 0 Å². The zero-order chi connectivity index (χ0) is 14.7. The molecule has 0 aliphatic heterocycles. The van der Waals surface area contributed by atoms with Gasteiger partial charge in [0.1, 0.15) is 17.9 Å². The number of aromatic carboxylic acids is 1. The van der Waals surface area contributed by atoms with Crippen molar-refractivity contribution in [3.05, 3.63) is 40.2 Å². The fraction of sp³-hybridized carbons (Fsp3) is 0.286. The van der Waals surface area contributed by atoms with Crippen LogP contribution in [0.4, 0.5) is 0 Å². The maximum atomic E-state index is 11.9. The van der Waals surface area contributed by atoms with Gasteiger partial charge in [-0.1, -0.05) is 0 Å². The van der Waals surface area contributed by atoms with E-state index in [0.29, 0.717) is 23.3 Å². The first-order valence-corrected chi connectivity index (χ1v) is 6.15. The third kappa shape index (κ3) is 2.97. The first-order valence-electron chi connectivity index (χ1n) is 6.15. The number of nitrogens with one attached hydrogen (secondary N) is 1. The quantitative estimate of drug-likeness (QED) is 0.856. The number of carboxylic acid groups (broad SMARTS) is 1. The van der Waals surface area contributed by atoms with Gasteiger partial charge in [0, 0.05) is 24.2 Å². The summed E-state index contributed by atoms with van der Waals surface area (Å²) in [6.45, 7) is 1.32. The zero-order valence-corrected chi connectivity index (χ0v) is 11.3. The normalized spacial score (nSPS) is 10.9. The molecule has 106 valence electrons. The molecule has 2 aromatic rings. The van der Waals surface area contributed by atoms with Crippen LogP contribution in [-0.4, -0.2) is 48.2 Å². The van der Waals surface area contributed by atoms with Crippen LogP contribution in [0.3, 0.4) is 0 Å². The second-order valence-corrected chi connectivity index (χ2v) is 4.70. The molecular weight excluding hydrogens is 260 g/mol. The first-order chi connectivity index (χ1) is 9.49. The van der Waals surface area contributed by atoms with Crippen molar-refractivity contribution in [1.82, 2.24) is 9.88 Å². The molecular formula is C14H16N2O4. The number of aromatic nitrogens is 1. The van der Waals surface area contributed by atoms with E-state index in [1.807, 2.05) is 19.0 Å². The van der Waals surface area contributed by atoms with Crippen molar-refractivity contribution in [3.8, 4) is 5.75 Å². The summed E-state index contributed by atoms with van der Waals surface area (Å²) in [7, 11) is 3.91. The average Bonchev–Trinajstić information content (AvgIpc) is 2.38. The van der Waals surface area contributed by atoms with Crippen LogP contribution in [0.2, 0.25) is 0 Å². The van der Waals surface area contributed by atoms with Gasteiger partial charge in [0.05, 0.1) is 5.52 Å². The first kappa shape index (κ1) is 14.1. The molecule has 20 heavy (non-hydrogen) atoms. The lowest BCUT2D eigenvalue weighted by atomic mass is 10.1. The third-order valence-electron chi connectivity index (χ3n) is 2.89. The number of likely N-dealkylation sites (N-methyl/N-ethyl adjacent to an activating group) is 1. The third-order valence-corrected chi connectivity index (χ3v) is 2.89. The summed E-state index contributed by atoms with van der Waals surface area (Å²) in [4.78, 5) is 27.6. The molecule has 0 unspecified atom stereocenters. The number of fused-ring (bicyclic) bond motifs is 1. The molecule has 0 fully saturated rings. The maximum absolute atomic E-state index is 11.9. The molecule has 0 atom stereocenters. The largest absolute Gasteiger partial charge is 0.492 e. The highest BCUT2D eigenvalue weighted by atomic mass is 16.5. The predicted molar refractivity (Wildman–Crippen MR) is 75.6 cm³/mol. The second-order valence-electron chi connectivity index (χ2n) is 4.70. The Morgan fingerprint density at radius 1 is 1.40 bits per heavy atom. The van der Waals surface area contributed by atoms with Crippen molar-refractivity contribution in [2.75, 3.05) is 27.2 Å². The number of aromatic amines is 1. The van der Waals surface area contributed by atoms with Gasteiger partial charge in [-0.3, -0.25) is 4.79 Å². The van der Waals surface area contributed by atoms with E-state index < -0.39 is 11.4 Å². The van der Waals surface area contributed by atoms with Crippen molar-refractivity contribution in [1.29, 1.82) is 0 Å². The molecule has 0 saturated heterocycles. The number of nitrogens with zero attached hydrogens (tertiary/aromatic N) is 1. The molecule has 0 bridgehead atoms. The van der Waals surface area contributed by atoms with Crippen molar-refractivity contribution in [3.63, 3.8) is 0 Å². The number of carbonyl (C=O) groups is 1. The lowest BCUT2D eigenvalue weighted by Crippen LogP contribution is -2.19. The van der Waals surface area contributed by atoms with Crippen LogP contribution in [0.15, 0.2) is 29.2 Å². The number of rotatable bonds is 5. The average molecular weight is 276 g/mol. The minimum absolute atomic E-state index is 0.265. The van der Waals surface area contributed by atoms with Gasteiger partial charge in [0.15, 0.2) is 0 Å². The van der Waals surface area contributed by atoms with Gasteiger partial charge in [0.2, 0.25) is 5.43 Å². The molecule has 0 radical (unpaired) electrons. The lowest BCUT2D eigenvalue weighted by molar-refractivity contribution is 0.0695. The summed E-state index contributed by atoms with van der Waals surface area (Å²) in [5.41, 5.74) is -0.202. The van der Waals surface area contributed by atoms with Gasteiger partial charge < -0.3 is 19.7 Å². The molecule has 0 spiro atoms. The van der Waals surface area contributed by atoms with E-state index in [-0.39, 0.29) is 5.56 Å². The summed E-state index contributed by atoms with van der Waals surface area (Å²) in [6, 6.07) is 4.93. The van der Waals surface area contributed by atoms with E-state index in [4.69, 9.17) is 9.84 Å². The summed E-state index contributed by atoms with van der Waals surface area (Å²) < 4.78 is 5.56. The Morgan fingerprint density at radius 3 is 2.80 bits per heavy atom. The Kier molecular flexibility index (Phi) is 4.05. The molecule has 0 aliphatic carbocycles. The lowest BCUT2D eigenvalue weighted by Gasteiger charge is -2.11. The van der Waals surface area contributed by atoms with Crippen molar-refractivity contribution < 1.29 is 14.6 Å². The van der Waals surface area contributed by atoms with E-state index in [1.54, 1.807) is 18.2 Å². The Balaban J connectivity index is 2.30. The minimum Gasteiger partial charge on any atom is -0.492 e. The zero-order valence-electron chi connectivity index (χ0n) is 11.3. The van der Waals surface area contributed by atoms with Gasteiger partial charge in [-0.25, -0.2) is 4.79 Å². The second kappa shape index (κ2) is 5.75. The number of H-pyrrole nitrogens is 1. The SMILES string of the molecule is CN(C)CCOc1ccc2c(=O)c(C(=O)O)c[nH]c2c1. The van der Waals surface area contributed by atoms with Crippen molar-refractivity contribution in [2.24, 2.45) is 0 Å². The van der Waals surface area contributed by atoms with E-state index in [0.717, 1.165) is 6.54 Å². The van der Waals surface area contributed by atoms with Gasteiger partial charge in [-0.2, -0.15) is 0 Å². The summed E-state index contributed by atoms with van der Waals surface area (Å²) in [6.07, 6.45) is 1.20. The fourth-order valence-corrected chi connectivity index (χ4v) is 1.80. The topological polar surface area (TPSA) is 82.6 Å². The molecule has 6 nitrogen and oxygen atoms in total. The van der Waals surface area contributed by atoms with Crippen molar-refractivity contribution >= 4 is 16.9 Å². The molecule has 0 saturated carbocycles. The number of carboxylic acids is 1. The van der Waals surface area contributed by atoms with Gasteiger partial charge in [0.25, 0.3) is 0 Å². The van der Waals surface area contributed by atoms with Crippen LogP contribution in [0, 0.1) is 0 Å². The maximum Gasteiger partial charge on any atom is 0.341 e. The molecule has 1 aromatic carbocycles. The Bertz CT molecular complexity index is 691. The number of hydrogen-bond acceptors (Lipinski definition) is 4. The summed E-state index contributed by atoms with van der Waals surface area (Å²) >= 11 is 0. The Hall–Kier alpha value is -2.34. The number of hydrogen-bond donors (Lipinski definition) is 2. The van der Waals surface area contributed by atoms with Crippen LogP contribution < -0.4 is 10.2 Å². The Labute approximate surface area is 115 Å². The van der Waals surface area contributed by atoms with Crippen molar-refractivity contribution in [2.45, 2.75) is 0 Å². The molecule has 0 aliphatic rings. The standard InChI is InChI=1S/C14H16N2O4/c1-16(2)5-6-20-9-3-4-10-12(7-9)15-8-11(13(10)17)14(18)19/h3-4,7-8H,5-6H2,1-2H3,(H,15,17)(H,18,19). The highest BCUT2D eigenvalue weighted by molar-refractivity contribution is 5.92. The van der Waals surface area contributed by atoms with Crippen LogP contribution in [0.25, 0.3) is 10.9 Å². The number of benzene rings is 1. The van der Waals surface area contributed by atoms with E-state index in [2.05, 4.69) is 4.98 Å². The van der Waals surface area contributed by atoms with E-state index in [1.165, 1.54) is 6.20 Å².